The molecule has 0 N–H and O–H groups in total. The fourth-order valence-electron chi connectivity index (χ4n) is 0.904. The number of hydrogen-bond donors (Lipinski definition) is 0. The number of carbonyl (C=O) groups excluding carboxylic acids is 1. The van der Waals surface area contributed by atoms with Gasteiger partial charge in [-0.15, -0.1) is 0 Å². The van der Waals surface area contributed by atoms with Crippen molar-refractivity contribution >= 4 is 5.91 Å². The van der Waals surface area contributed by atoms with Gasteiger partial charge >= 0.3 is 0 Å². The lowest BCUT2D eigenvalue weighted by Gasteiger charge is -2.25. The molecule has 57 valence electrons. The molecule has 1 radical (unpaired) electrons. The van der Waals surface area contributed by atoms with E-state index < -0.39 is 6.61 Å². The van der Waals surface area contributed by atoms with Crippen LogP contribution in [0.4, 0.5) is 0 Å². The third-order valence-corrected chi connectivity index (χ3v) is 1.49. The van der Waals surface area contributed by atoms with Crippen LogP contribution in [0.1, 0.15) is 0 Å². The second-order valence-corrected chi connectivity index (χ2v) is 2.14. The smallest absolute Gasteiger partial charge is 0.252 e. The molecule has 0 aromatic carbocycles. The maximum Gasteiger partial charge on any atom is 0.252 e. The Labute approximate surface area is 59.4 Å². The van der Waals surface area contributed by atoms with E-state index in [2.05, 4.69) is 0 Å². The SMILES string of the molecule is [O]CC(=O)N1CCOCC1. The summed E-state index contributed by atoms with van der Waals surface area (Å²) in [6.45, 7) is 1.62. The third kappa shape index (κ3) is 1.68. The van der Waals surface area contributed by atoms with E-state index >= 15 is 0 Å². The molecule has 10 heavy (non-hydrogen) atoms. The minimum absolute atomic E-state index is 0.316. The second kappa shape index (κ2) is 3.53. The average Bonchev–Trinajstić information content (AvgIpc) is 2.05. The Bertz CT molecular complexity index is 120. The molecule has 4 nitrogen and oxygen atoms in total. The molecule has 0 aromatic heterocycles. The normalized spacial score (nSPS) is 19.1. The molecule has 0 aliphatic carbocycles. The summed E-state index contributed by atoms with van der Waals surface area (Å²) in [7, 11) is 0. The second-order valence-electron chi connectivity index (χ2n) is 2.14. The van der Waals surface area contributed by atoms with Gasteiger partial charge < -0.3 is 9.64 Å². The zero-order valence-electron chi connectivity index (χ0n) is 5.71. The largest absolute Gasteiger partial charge is 0.378 e. The number of hydrogen-bond acceptors (Lipinski definition) is 2. The molecule has 0 spiro atoms. The summed E-state index contributed by atoms with van der Waals surface area (Å²) in [5.74, 6) is -0.316. The van der Waals surface area contributed by atoms with E-state index in [4.69, 9.17) is 4.74 Å². The summed E-state index contributed by atoms with van der Waals surface area (Å²) in [6, 6.07) is 0. The molecule has 0 bridgehead atoms. The van der Waals surface area contributed by atoms with E-state index in [1.165, 1.54) is 4.90 Å². The van der Waals surface area contributed by atoms with Gasteiger partial charge in [0.25, 0.3) is 5.91 Å². The van der Waals surface area contributed by atoms with Gasteiger partial charge in [-0.3, -0.25) is 4.79 Å². The number of amides is 1. The minimum Gasteiger partial charge on any atom is -0.378 e. The Morgan fingerprint density at radius 2 is 2.00 bits per heavy atom. The molecule has 4 heteroatoms. The van der Waals surface area contributed by atoms with Gasteiger partial charge in [-0.25, -0.2) is 5.11 Å². The molecule has 1 aliphatic heterocycles. The zero-order valence-corrected chi connectivity index (χ0v) is 5.71. The van der Waals surface area contributed by atoms with Crippen molar-refractivity contribution in [2.45, 2.75) is 0 Å². The summed E-state index contributed by atoms with van der Waals surface area (Å²) in [4.78, 5) is 12.3. The van der Waals surface area contributed by atoms with Gasteiger partial charge in [-0.1, -0.05) is 0 Å². The van der Waals surface area contributed by atoms with Crippen molar-refractivity contribution in [2.24, 2.45) is 0 Å². The van der Waals surface area contributed by atoms with Crippen LogP contribution in [-0.4, -0.2) is 43.7 Å². The molecule has 1 heterocycles. The predicted octanol–water partition coefficient (Wildman–Crippen LogP) is -0.724. The molecule has 0 saturated carbocycles. The van der Waals surface area contributed by atoms with E-state index in [-0.39, 0.29) is 5.91 Å². The van der Waals surface area contributed by atoms with Gasteiger partial charge in [0.15, 0.2) is 6.61 Å². The Hall–Kier alpha value is -0.610. The van der Waals surface area contributed by atoms with Crippen molar-refractivity contribution < 1.29 is 14.6 Å². The molecule has 1 fully saturated rings. The Kier molecular flexibility index (Phi) is 2.65. The number of rotatable bonds is 1. The first-order valence-corrected chi connectivity index (χ1v) is 3.28. The molecule has 0 atom stereocenters. The van der Waals surface area contributed by atoms with Crippen LogP contribution in [0.3, 0.4) is 0 Å². The average molecular weight is 144 g/mol. The summed E-state index contributed by atoms with van der Waals surface area (Å²) in [6.07, 6.45) is 0. The van der Waals surface area contributed by atoms with Crippen LogP contribution in [0.25, 0.3) is 0 Å². The first-order chi connectivity index (χ1) is 4.84. The Morgan fingerprint density at radius 3 is 2.50 bits per heavy atom. The van der Waals surface area contributed by atoms with Crippen LogP contribution in [0.5, 0.6) is 0 Å². The van der Waals surface area contributed by atoms with Crippen molar-refractivity contribution in [3.8, 4) is 0 Å². The minimum atomic E-state index is -0.639. The number of ether oxygens (including phenoxy) is 1. The van der Waals surface area contributed by atoms with Crippen LogP contribution in [-0.2, 0) is 14.6 Å². The topological polar surface area (TPSA) is 49.4 Å². The third-order valence-electron chi connectivity index (χ3n) is 1.49. The Balaban J connectivity index is 2.31. The van der Waals surface area contributed by atoms with Crippen LogP contribution in [0.15, 0.2) is 0 Å². The summed E-state index contributed by atoms with van der Waals surface area (Å²) < 4.78 is 5.00. The number of carbonyl (C=O) groups is 1. The van der Waals surface area contributed by atoms with Crippen LogP contribution in [0.2, 0.25) is 0 Å². The van der Waals surface area contributed by atoms with Crippen molar-refractivity contribution in [1.82, 2.24) is 4.90 Å². The molecule has 1 saturated heterocycles. The fourth-order valence-corrected chi connectivity index (χ4v) is 0.904. The van der Waals surface area contributed by atoms with Gasteiger partial charge in [0.1, 0.15) is 0 Å². The van der Waals surface area contributed by atoms with E-state index in [0.29, 0.717) is 26.3 Å². The highest BCUT2D eigenvalue weighted by atomic mass is 16.5. The van der Waals surface area contributed by atoms with Gasteiger partial charge in [0.05, 0.1) is 13.2 Å². The highest BCUT2D eigenvalue weighted by molar-refractivity contribution is 5.77. The molecule has 0 unspecified atom stereocenters. The standard InChI is InChI=1S/C6H10NO3/c8-5-6(9)7-1-3-10-4-2-7/h1-5H2. The van der Waals surface area contributed by atoms with Gasteiger partial charge in [0, 0.05) is 13.1 Å². The van der Waals surface area contributed by atoms with Crippen molar-refractivity contribution in [3.63, 3.8) is 0 Å². The quantitative estimate of drug-likeness (QED) is 0.487. The maximum absolute atomic E-state index is 10.7. The molecule has 1 aliphatic rings. The van der Waals surface area contributed by atoms with Crippen LogP contribution in [0, 0.1) is 0 Å². The van der Waals surface area contributed by atoms with Gasteiger partial charge in [0.2, 0.25) is 0 Å². The van der Waals surface area contributed by atoms with Gasteiger partial charge in [-0.05, 0) is 0 Å². The predicted molar refractivity (Wildman–Crippen MR) is 33.0 cm³/mol. The van der Waals surface area contributed by atoms with E-state index in [9.17, 15) is 9.90 Å². The van der Waals surface area contributed by atoms with Crippen molar-refractivity contribution in [3.05, 3.63) is 0 Å². The van der Waals surface area contributed by atoms with E-state index in [1.54, 1.807) is 0 Å². The first kappa shape index (κ1) is 7.50. The fraction of sp³-hybridized carbons (Fsp3) is 0.833. The van der Waals surface area contributed by atoms with Gasteiger partial charge in [-0.2, -0.15) is 0 Å². The lowest BCUT2D eigenvalue weighted by Crippen LogP contribution is -2.41. The lowest BCUT2D eigenvalue weighted by atomic mass is 10.4. The first-order valence-electron chi connectivity index (χ1n) is 3.28. The molecular formula is C6H10NO3. The van der Waals surface area contributed by atoms with E-state index in [1.807, 2.05) is 0 Å². The summed E-state index contributed by atoms with van der Waals surface area (Å²) in [5, 5.41) is 10.1. The molecule has 1 amide bonds. The summed E-state index contributed by atoms with van der Waals surface area (Å²) >= 11 is 0. The molecule has 0 aromatic rings. The molecule has 1 rings (SSSR count). The van der Waals surface area contributed by atoms with Crippen LogP contribution < -0.4 is 0 Å². The van der Waals surface area contributed by atoms with Crippen LogP contribution >= 0.6 is 0 Å². The Morgan fingerprint density at radius 1 is 1.40 bits per heavy atom. The zero-order chi connectivity index (χ0) is 7.40. The summed E-state index contributed by atoms with van der Waals surface area (Å²) in [5.41, 5.74) is 0. The highest BCUT2D eigenvalue weighted by Crippen LogP contribution is 1.95. The number of morpholine rings is 1. The van der Waals surface area contributed by atoms with E-state index in [0.717, 1.165) is 0 Å². The number of nitrogens with zero attached hydrogens (tertiary/aromatic N) is 1. The molecular weight excluding hydrogens is 134 g/mol. The maximum atomic E-state index is 10.7. The van der Waals surface area contributed by atoms with Crippen molar-refractivity contribution in [1.29, 1.82) is 0 Å². The lowest BCUT2D eigenvalue weighted by molar-refractivity contribution is -0.140. The monoisotopic (exact) mass is 144 g/mol. The highest BCUT2D eigenvalue weighted by Gasteiger charge is 2.15. The van der Waals surface area contributed by atoms with Crippen molar-refractivity contribution in [2.75, 3.05) is 32.9 Å².